The van der Waals surface area contributed by atoms with Gasteiger partial charge in [0.2, 0.25) is 0 Å². The van der Waals surface area contributed by atoms with Crippen LogP contribution in [0.5, 0.6) is 0 Å². The van der Waals surface area contributed by atoms with E-state index in [-0.39, 0.29) is 12.8 Å². The van der Waals surface area contributed by atoms with Gasteiger partial charge < -0.3 is 10.2 Å². The van der Waals surface area contributed by atoms with Crippen LogP contribution >= 0.6 is 0 Å². The fourth-order valence-electron chi connectivity index (χ4n) is 2.73. The zero-order valence-corrected chi connectivity index (χ0v) is 15.8. The molecule has 0 saturated heterocycles. The lowest BCUT2D eigenvalue weighted by molar-refractivity contribution is -0.148. The van der Waals surface area contributed by atoms with Gasteiger partial charge in [0.25, 0.3) is 0 Å². The normalized spacial score (nSPS) is 12.8. The molecule has 1 unspecified atom stereocenters. The maximum Gasteiger partial charge on any atom is 0.307 e. The van der Waals surface area contributed by atoms with E-state index in [1.54, 1.807) is 6.08 Å². The Balaban J connectivity index is 3.53. The number of unbranched alkanes of at least 4 members (excludes halogenated alkanes) is 10. The number of aliphatic carboxylic acids is 2. The second kappa shape index (κ2) is 17.2. The molecule has 0 aromatic heterocycles. The molecule has 2 N–H and O–H groups in total. The number of carboxylic acid groups (broad SMARTS) is 2. The average Bonchev–Trinajstić information content (AvgIpc) is 2.56. The molecule has 0 heterocycles. The summed E-state index contributed by atoms with van der Waals surface area (Å²) in [5.74, 6) is -2.97. The summed E-state index contributed by atoms with van der Waals surface area (Å²) in [6, 6.07) is 0. The Morgan fingerprint density at radius 3 is 1.84 bits per heavy atom. The molecule has 0 aliphatic rings. The summed E-state index contributed by atoms with van der Waals surface area (Å²) >= 11 is 0. The first-order valence-electron chi connectivity index (χ1n) is 9.84. The lowest BCUT2D eigenvalue weighted by Crippen LogP contribution is -2.16. The van der Waals surface area contributed by atoms with E-state index in [1.165, 1.54) is 64.2 Å². The first-order chi connectivity index (χ1) is 12.1. The predicted octanol–water partition coefficient (Wildman–Crippen LogP) is 5.98. The first-order valence-corrected chi connectivity index (χ1v) is 9.84. The van der Waals surface area contributed by atoms with Crippen molar-refractivity contribution in [3.05, 3.63) is 24.3 Å². The Morgan fingerprint density at radius 2 is 1.32 bits per heavy atom. The Labute approximate surface area is 153 Å². The van der Waals surface area contributed by atoms with Crippen LogP contribution in [-0.4, -0.2) is 22.2 Å². The molecule has 144 valence electrons. The molecule has 0 aromatic rings. The monoisotopic (exact) mass is 352 g/mol. The quantitative estimate of drug-likeness (QED) is 0.249. The van der Waals surface area contributed by atoms with Crippen molar-refractivity contribution in [2.45, 2.75) is 90.4 Å². The molecule has 0 bridgehead atoms. The van der Waals surface area contributed by atoms with Crippen molar-refractivity contribution >= 4 is 11.9 Å². The Kier molecular flexibility index (Phi) is 16.2. The third-order valence-electron chi connectivity index (χ3n) is 4.30. The van der Waals surface area contributed by atoms with Crippen molar-refractivity contribution < 1.29 is 19.8 Å². The predicted molar refractivity (Wildman–Crippen MR) is 103 cm³/mol. The SMILES string of the molecule is CCCCCCCCCCCC/C=C/C=C/CC(CC(=O)O)C(=O)O. The van der Waals surface area contributed by atoms with E-state index in [4.69, 9.17) is 10.2 Å². The van der Waals surface area contributed by atoms with Gasteiger partial charge in [0, 0.05) is 0 Å². The van der Waals surface area contributed by atoms with Gasteiger partial charge >= 0.3 is 11.9 Å². The van der Waals surface area contributed by atoms with Crippen LogP contribution in [0.4, 0.5) is 0 Å². The summed E-state index contributed by atoms with van der Waals surface area (Å²) < 4.78 is 0. The highest BCUT2D eigenvalue weighted by atomic mass is 16.4. The fraction of sp³-hybridized carbons (Fsp3) is 0.714. The number of carboxylic acids is 2. The maximum atomic E-state index is 10.9. The van der Waals surface area contributed by atoms with Crippen LogP contribution in [-0.2, 0) is 9.59 Å². The van der Waals surface area contributed by atoms with E-state index < -0.39 is 17.9 Å². The maximum absolute atomic E-state index is 10.9. The third kappa shape index (κ3) is 17.0. The van der Waals surface area contributed by atoms with E-state index in [1.807, 2.05) is 12.2 Å². The van der Waals surface area contributed by atoms with Crippen LogP contribution in [0.1, 0.15) is 90.4 Å². The van der Waals surface area contributed by atoms with Gasteiger partial charge in [-0.1, -0.05) is 89.0 Å². The highest BCUT2D eigenvalue weighted by molar-refractivity contribution is 5.77. The Hall–Kier alpha value is -1.58. The molecular weight excluding hydrogens is 316 g/mol. The first kappa shape index (κ1) is 23.4. The van der Waals surface area contributed by atoms with Gasteiger partial charge in [-0.3, -0.25) is 9.59 Å². The van der Waals surface area contributed by atoms with Crippen LogP contribution < -0.4 is 0 Å². The average molecular weight is 353 g/mol. The summed E-state index contributed by atoms with van der Waals surface area (Å²) in [4.78, 5) is 21.5. The van der Waals surface area contributed by atoms with Gasteiger partial charge in [-0.25, -0.2) is 0 Å². The molecule has 0 saturated carbocycles. The summed E-state index contributed by atoms with van der Waals surface area (Å²) in [5.41, 5.74) is 0. The van der Waals surface area contributed by atoms with Crippen LogP contribution in [0.15, 0.2) is 24.3 Å². The van der Waals surface area contributed by atoms with Crippen LogP contribution in [0.2, 0.25) is 0 Å². The number of hydrogen-bond acceptors (Lipinski definition) is 2. The summed E-state index contributed by atoms with van der Waals surface area (Å²) in [7, 11) is 0. The van der Waals surface area contributed by atoms with Crippen molar-refractivity contribution in [1.29, 1.82) is 0 Å². The molecule has 0 amide bonds. The Morgan fingerprint density at radius 1 is 0.800 bits per heavy atom. The third-order valence-corrected chi connectivity index (χ3v) is 4.30. The van der Waals surface area contributed by atoms with Crippen molar-refractivity contribution in [2.75, 3.05) is 0 Å². The summed E-state index contributed by atoms with van der Waals surface area (Å²) in [6.07, 6.45) is 21.8. The van der Waals surface area contributed by atoms with Crippen LogP contribution in [0, 0.1) is 5.92 Å². The molecule has 0 rings (SSSR count). The fourth-order valence-corrected chi connectivity index (χ4v) is 2.73. The molecular formula is C21H36O4. The Bertz CT molecular complexity index is 399. The number of rotatable bonds is 17. The minimum absolute atomic E-state index is 0.254. The van der Waals surface area contributed by atoms with Crippen molar-refractivity contribution in [1.82, 2.24) is 0 Å². The number of hydrogen-bond donors (Lipinski definition) is 2. The van der Waals surface area contributed by atoms with Gasteiger partial charge in [0.15, 0.2) is 0 Å². The smallest absolute Gasteiger partial charge is 0.307 e. The molecule has 0 radical (unpaired) electrons. The number of allylic oxidation sites excluding steroid dienone is 4. The lowest BCUT2D eigenvalue weighted by Gasteiger charge is -2.05. The van der Waals surface area contributed by atoms with Crippen molar-refractivity contribution in [3.63, 3.8) is 0 Å². The number of carbonyl (C=O) groups is 2. The van der Waals surface area contributed by atoms with E-state index in [9.17, 15) is 9.59 Å². The molecule has 4 heteroatoms. The van der Waals surface area contributed by atoms with Gasteiger partial charge in [-0.15, -0.1) is 0 Å². The zero-order chi connectivity index (χ0) is 18.8. The van der Waals surface area contributed by atoms with Gasteiger partial charge in [-0.05, 0) is 19.3 Å². The largest absolute Gasteiger partial charge is 0.481 e. The van der Waals surface area contributed by atoms with E-state index in [2.05, 4.69) is 13.0 Å². The van der Waals surface area contributed by atoms with Gasteiger partial charge in [0.1, 0.15) is 0 Å². The van der Waals surface area contributed by atoms with E-state index in [0.29, 0.717) is 0 Å². The second-order valence-corrected chi connectivity index (χ2v) is 6.70. The zero-order valence-electron chi connectivity index (χ0n) is 15.8. The molecule has 0 aliphatic heterocycles. The minimum Gasteiger partial charge on any atom is -0.481 e. The molecule has 0 aliphatic carbocycles. The molecule has 0 fully saturated rings. The summed E-state index contributed by atoms with van der Waals surface area (Å²) in [6.45, 7) is 2.25. The molecule has 1 atom stereocenters. The minimum atomic E-state index is -1.07. The van der Waals surface area contributed by atoms with E-state index in [0.717, 1.165) is 6.42 Å². The lowest BCUT2D eigenvalue weighted by atomic mass is 10.0. The van der Waals surface area contributed by atoms with Gasteiger partial charge in [0.05, 0.1) is 12.3 Å². The highest BCUT2D eigenvalue weighted by Crippen LogP contribution is 2.12. The van der Waals surface area contributed by atoms with Gasteiger partial charge in [-0.2, -0.15) is 0 Å². The molecule has 4 nitrogen and oxygen atoms in total. The molecule has 25 heavy (non-hydrogen) atoms. The van der Waals surface area contributed by atoms with Crippen molar-refractivity contribution in [3.8, 4) is 0 Å². The van der Waals surface area contributed by atoms with E-state index >= 15 is 0 Å². The highest BCUT2D eigenvalue weighted by Gasteiger charge is 2.18. The molecule has 0 aromatic carbocycles. The topological polar surface area (TPSA) is 74.6 Å². The molecule has 0 spiro atoms. The van der Waals surface area contributed by atoms with Crippen molar-refractivity contribution in [2.24, 2.45) is 5.92 Å². The van der Waals surface area contributed by atoms with Crippen LogP contribution in [0.3, 0.4) is 0 Å². The summed E-state index contributed by atoms with van der Waals surface area (Å²) in [5, 5.41) is 17.6. The van der Waals surface area contributed by atoms with Crippen LogP contribution in [0.25, 0.3) is 0 Å². The standard InChI is InChI=1S/C21H36O4/c1-2-3-4-5-6-7-8-9-10-11-12-13-14-15-16-17-19(21(24)25)18-20(22)23/h13-16,19H,2-12,17-18H2,1H3,(H,22,23)(H,24,25)/b14-13+,16-15+. The second-order valence-electron chi connectivity index (χ2n) is 6.70.